The molecule has 1 aliphatic rings. The summed E-state index contributed by atoms with van der Waals surface area (Å²) in [5.41, 5.74) is 4.59. The molecule has 1 saturated heterocycles. The molecule has 1 aliphatic heterocycles. The van der Waals surface area contributed by atoms with E-state index < -0.39 is 42.6 Å². The van der Waals surface area contributed by atoms with Gasteiger partial charge < -0.3 is 25.4 Å². The number of aliphatic hydroxyl groups is 2. The molecule has 0 saturated carbocycles. The highest BCUT2D eigenvalue weighted by Crippen LogP contribution is 2.38. The number of hydrogen-bond donors (Lipinski definition) is 3. The van der Waals surface area contributed by atoms with Crippen molar-refractivity contribution in [2.45, 2.75) is 56.8 Å². The summed E-state index contributed by atoms with van der Waals surface area (Å²) in [6, 6.07) is 0. The van der Waals surface area contributed by atoms with Crippen molar-refractivity contribution in [1.29, 1.82) is 0 Å². The Balaban J connectivity index is 2.18. The SMILES string of the molecule is CCCn1c(=O)n([C@@H]2O[C@H](C(O)C(F)(F)F)[C@H](F)[C@H]2O)c2nc(N)nc(OC)c21. The largest absolute Gasteiger partial charge is 0.479 e. The first-order valence-electron chi connectivity index (χ1n) is 8.57. The smallest absolute Gasteiger partial charge is 0.417 e. The predicted molar refractivity (Wildman–Crippen MR) is 89.9 cm³/mol. The van der Waals surface area contributed by atoms with Crippen LogP contribution in [0.25, 0.3) is 11.2 Å². The second-order valence-electron chi connectivity index (χ2n) is 6.48. The van der Waals surface area contributed by atoms with Gasteiger partial charge in [-0.3, -0.25) is 4.57 Å². The first kappa shape index (κ1) is 21.3. The number of aryl methyl sites for hydroxylation is 1. The molecule has 162 valence electrons. The predicted octanol–water partition coefficient (Wildman–Crippen LogP) is 0.113. The minimum Gasteiger partial charge on any atom is -0.479 e. The molecule has 10 nitrogen and oxygen atoms in total. The number of aromatic nitrogens is 4. The van der Waals surface area contributed by atoms with Crippen molar-refractivity contribution in [3.63, 3.8) is 0 Å². The summed E-state index contributed by atoms with van der Waals surface area (Å²) in [5, 5.41) is 19.5. The van der Waals surface area contributed by atoms with Crippen LogP contribution < -0.4 is 16.2 Å². The van der Waals surface area contributed by atoms with Gasteiger partial charge in [0.25, 0.3) is 0 Å². The van der Waals surface area contributed by atoms with Gasteiger partial charge in [-0.2, -0.15) is 23.1 Å². The first-order chi connectivity index (χ1) is 13.5. The van der Waals surface area contributed by atoms with Crippen LogP contribution in [-0.4, -0.2) is 67.1 Å². The molecule has 3 heterocycles. The van der Waals surface area contributed by atoms with Crippen molar-refractivity contribution in [1.82, 2.24) is 19.1 Å². The Morgan fingerprint density at radius 2 is 2.03 bits per heavy atom. The quantitative estimate of drug-likeness (QED) is 0.574. The number of ether oxygens (including phenoxy) is 2. The van der Waals surface area contributed by atoms with Crippen molar-refractivity contribution < 1.29 is 37.2 Å². The molecule has 0 aromatic carbocycles. The monoisotopic (exact) mass is 425 g/mol. The van der Waals surface area contributed by atoms with Crippen LogP contribution in [0.3, 0.4) is 0 Å². The summed E-state index contributed by atoms with van der Waals surface area (Å²) >= 11 is 0. The summed E-state index contributed by atoms with van der Waals surface area (Å²) < 4.78 is 64.7. The highest BCUT2D eigenvalue weighted by atomic mass is 19.4. The number of imidazole rings is 1. The van der Waals surface area contributed by atoms with Gasteiger partial charge in [0.15, 0.2) is 29.7 Å². The number of nitrogens with zero attached hydrogens (tertiary/aromatic N) is 4. The number of alkyl halides is 4. The Hall–Kier alpha value is -2.45. The highest BCUT2D eigenvalue weighted by Gasteiger charge is 2.56. The number of rotatable bonds is 5. The Labute approximate surface area is 160 Å². The zero-order chi connectivity index (χ0) is 21.7. The number of halogens is 4. The van der Waals surface area contributed by atoms with E-state index in [9.17, 15) is 32.6 Å². The van der Waals surface area contributed by atoms with Gasteiger partial charge in [-0.1, -0.05) is 6.92 Å². The van der Waals surface area contributed by atoms with Crippen LogP contribution in [0.15, 0.2) is 4.79 Å². The van der Waals surface area contributed by atoms with Gasteiger partial charge in [0.1, 0.15) is 12.2 Å². The van der Waals surface area contributed by atoms with Crippen LogP contribution in [0.4, 0.5) is 23.5 Å². The number of aliphatic hydroxyl groups excluding tert-OH is 2. The molecule has 0 aliphatic carbocycles. The average Bonchev–Trinajstić information content (AvgIpc) is 3.08. The van der Waals surface area contributed by atoms with Crippen molar-refractivity contribution >= 4 is 17.1 Å². The molecule has 0 amide bonds. The molecule has 2 aromatic heterocycles. The topological polar surface area (TPSA) is 138 Å². The molecule has 5 atom stereocenters. The van der Waals surface area contributed by atoms with E-state index in [4.69, 9.17) is 15.2 Å². The number of fused-ring (bicyclic) bond motifs is 1. The average molecular weight is 425 g/mol. The van der Waals surface area contributed by atoms with E-state index in [1.165, 1.54) is 7.11 Å². The number of methoxy groups -OCH3 is 1. The maximum atomic E-state index is 14.4. The molecule has 1 fully saturated rings. The van der Waals surface area contributed by atoms with Crippen molar-refractivity contribution in [3.05, 3.63) is 10.5 Å². The molecular formula is C15H19F4N5O5. The number of nitrogen functional groups attached to an aromatic ring is 1. The Morgan fingerprint density at radius 1 is 1.38 bits per heavy atom. The van der Waals surface area contributed by atoms with E-state index in [1.54, 1.807) is 6.92 Å². The Morgan fingerprint density at radius 3 is 2.59 bits per heavy atom. The molecule has 29 heavy (non-hydrogen) atoms. The normalized spacial score (nSPS) is 26.2. The fourth-order valence-corrected chi connectivity index (χ4v) is 3.28. The lowest BCUT2D eigenvalue weighted by atomic mass is 10.1. The summed E-state index contributed by atoms with van der Waals surface area (Å²) in [5.74, 6) is -0.416. The maximum absolute atomic E-state index is 14.4. The third-order valence-corrected chi connectivity index (χ3v) is 4.56. The van der Waals surface area contributed by atoms with E-state index in [2.05, 4.69) is 9.97 Å². The number of hydrogen-bond acceptors (Lipinski definition) is 8. The third kappa shape index (κ3) is 3.40. The Kier molecular flexibility index (Phi) is 5.44. The Bertz CT molecular complexity index is 961. The van der Waals surface area contributed by atoms with Crippen molar-refractivity contribution in [2.75, 3.05) is 12.8 Å². The fraction of sp³-hybridized carbons (Fsp3) is 0.667. The van der Waals surface area contributed by atoms with Crippen LogP contribution in [-0.2, 0) is 11.3 Å². The molecular weight excluding hydrogens is 406 g/mol. The highest BCUT2D eigenvalue weighted by molar-refractivity contribution is 5.78. The zero-order valence-corrected chi connectivity index (χ0v) is 15.3. The lowest BCUT2D eigenvalue weighted by molar-refractivity contribution is -0.241. The van der Waals surface area contributed by atoms with Crippen LogP contribution in [0.5, 0.6) is 5.88 Å². The van der Waals surface area contributed by atoms with Gasteiger partial charge in [-0.05, 0) is 6.42 Å². The summed E-state index contributed by atoms with van der Waals surface area (Å²) in [4.78, 5) is 20.7. The van der Waals surface area contributed by atoms with E-state index in [-0.39, 0.29) is 29.5 Å². The molecule has 14 heteroatoms. The van der Waals surface area contributed by atoms with Crippen LogP contribution >= 0.6 is 0 Å². The summed E-state index contributed by atoms with van der Waals surface area (Å²) in [7, 11) is 1.26. The summed E-state index contributed by atoms with van der Waals surface area (Å²) in [6.45, 7) is 1.90. The summed E-state index contributed by atoms with van der Waals surface area (Å²) in [6.07, 6.45) is -17.0. The number of anilines is 1. The molecule has 3 rings (SSSR count). The fourth-order valence-electron chi connectivity index (χ4n) is 3.28. The third-order valence-electron chi connectivity index (χ3n) is 4.56. The zero-order valence-electron chi connectivity index (χ0n) is 15.3. The molecule has 0 spiro atoms. The van der Waals surface area contributed by atoms with E-state index in [1.807, 2.05) is 0 Å². The second-order valence-corrected chi connectivity index (χ2v) is 6.48. The van der Waals surface area contributed by atoms with E-state index in [0.29, 0.717) is 11.0 Å². The van der Waals surface area contributed by atoms with Gasteiger partial charge in [-0.25, -0.2) is 13.8 Å². The van der Waals surface area contributed by atoms with E-state index in [0.717, 1.165) is 4.57 Å². The molecule has 0 bridgehead atoms. The second kappa shape index (κ2) is 7.42. The lowest BCUT2D eigenvalue weighted by Crippen LogP contribution is -2.44. The van der Waals surface area contributed by atoms with Crippen molar-refractivity contribution in [2.24, 2.45) is 0 Å². The first-order valence-corrected chi connectivity index (χ1v) is 8.57. The van der Waals surface area contributed by atoms with E-state index >= 15 is 0 Å². The van der Waals surface area contributed by atoms with Gasteiger partial charge in [0.2, 0.25) is 11.8 Å². The van der Waals surface area contributed by atoms with Crippen molar-refractivity contribution in [3.8, 4) is 5.88 Å². The minimum atomic E-state index is -5.19. The lowest BCUT2D eigenvalue weighted by Gasteiger charge is -2.22. The molecule has 4 N–H and O–H groups in total. The van der Waals surface area contributed by atoms with Crippen LogP contribution in [0.2, 0.25) is 0 Å². The molecule has 2 aromatic rings. The van der Waals surface area contributed by atoms with Gasteiger partial charge in [0, 0.05) is 6.54 Å². The maximum Gasteiger partial charge on any atom is 0.417 e. The van der Waals surface area contributed by atoms with Gasteiger partial charge in [0.05, 0.1) is 7.11 Å². The van der Waals surface area contributed by atoms with Gasteiger partial charge in [-0.15, -0.1) is 0 Å². The number of nitrogens with two attached hydrogens (primary N) is 1. The van der Waals surface area contributed by atoms with Gasteiger partial charge >= 0.3 is 11.9 Å². The minimum absolute atomic E-state index is 0.0552. The molecule has 0 radical (unpaired) electrons. The van der Waals surface area contributed by atoms with Crippen LogP contribution in [0, 0.1) is 0 Å². The molecule has 1 unspecified atom stereocenters. The standard InChI is InChI=1S/C15H19F4N5O5/c1-3-4-23-6-10(21-13(20)22-11(6)28-2)24(14(23)27)12-7(25)5(16)8(29-12)9(26)15(17,18)19/h5,7-9,12,25-26H,3-4H2,1-2H3,(H2,20,21,22)/t5-,7-,8+,9?,12-/m1/s1. The van der Waals surface area contributed by atoms with Crippen LogP contribution in [0.1, 0.15) is 19.6 Å².